The van der Waals surface area contributed by atoms with Crippen LogP contribution in [0, 0.1) is 5.92 Å². The Labute approximate surface area is 180 Å². The van der Waals surface area contributed by atoms with E-state index in [1.165, 1.54) is 0 Å². The Bertz CT molecular complexity index is 1250. The van der Waals surface area contributed by atoms with E-state index in [9.17, 15) is 4.79 Å². The van der Waals surface area contributed by atoms with Gasteiger partial charge in [-0.1, -0.05) is 48.5 Å². The Balaban J connectivity index is 1.39. The molecule has 1 fully saturated rings. The number of para-hydroxylation sites is 2. The van der Waals surface area contributed by atoms with Crippen molar-refractivity contribution in [2.24, 2.45) is 5.92 Å². The molecule has 0 bridgehead atoms. The first-order valence-corrected chi connectivity index (χ1v) is 10.6. The highest BCUT2D eigenvalue weighted by molar-refractivity contribution is 6.03. The van der Waals surface area contributed by atoms with E-state index in [0.29, 0.717) is 18.2 Å². The maximum atomic E-state index is 13.1. The molecule has 5 rings (SSSR count). The zero-order valence-electron chi connectivity index (χ0n) is 17.4. The van der Waals surface area contributed by atoms with Gasteiger partial charge in [-0.05, 0) is 36.4 Å². The lowest BCUT2D eigenvalue weighted by molar-refractivity contribution is -0.120. The van der Waals surface area contributed by atoms with Crippen LogP contribution in [0.1, 0.15) is 12.8 Å². The molecule has 1 aliphatic heterocycles. The minimum absolute atomic E-state index is 0.0359. The van der Waals surface area contributed by atoms with E-state index in [-0.39, 0.29) is 11.8 Å². The summed E-state index contributed by atoms with van der Waals surface area (Å²) in [7, 11) is 1.61. The van der Waals surface area contributed by atoms with Crippen molar-refractivity contribution in [2.75, 3.05) is 30.4 Å². The van der Waals surface area contributed by atoms with Crippen LogP contribution in [0.25, 0.3) is 21.8 Å². The summed E-state index contributed by atoms with van der Waals surface area (Å²) in [6.07, 6.45) is 1.75. The van der Waals surface area contributed by atoms with E-state index < -0.39 is 0 Å². The zero-order valence-corrected chi connectivity index (χ0v) is 17.4. The fraction of sp³-hybridized carbons (Fsp3) is 0.240. The minimum atomic E-state index is -0.134. The van der Waals surface area contributed by atoms with Crippen LogP contribution in [0.4, 0.5) is 11.5 Å². The Morgan fingerprint density at radius 3 is 2.58 bits per heavy atom. The van der Waals surface area contributed by atoms with Crippen LogP contribution < -0.4 is 15.0 Å². The quantitative estimate of drug-likeness (QED) is 0.529. The summed E-state index contributed by atoms with van der Waals surface area (Å²) in [5, 5.41) is 5.31. The lowest BCUT2D eigenvalue weighted by Crippen LogP contribution is -2.41. The van der Waals surface area contributed by atoms with Crippen LogP contribution in [0.15, 0.2) is 66.7 Å². The van der Waals surface area contributed by atoms with Gasteiger partial charge in [0.15, 0.2) is 5.82 Å². The Morgan fingerprint density at radius 1 is 1.00 bits per heavy atom. The van der Waals surface area contributed by atoms with Gasteiger partial charge in [0.25, 0.3) is 5.88 Å². The maximum absolute atomic E-state index is 13.1. The van der Waals surface area contributed by atoms with E-state index in [4.69, 9.17) is 9.72 Å². The summed E-state index contributed by atoms with van der Waals surface area (Å²) < 4.78 is 5.53. The lowest BCUT2D eigenvalue weighted by atomic mass is 9.96. The molecule has 0 saturated carbocycles. The van der Waals surface area contributed by atoms with Gasteiger partial charge in [-0.2, -0.15) is 0 Å². The van der Waals surface area contributed by atoms with E-state index in [2.05, 4.69) is 27.3 Å². The Hall–Kier alpha value is -3.67. The molecule has 1 amide bonds. The van der Waals surface area contributed by atoms with Gasteiger partial charge in [-0.15, -0.1) is 0 Å². The number of amides is 1. The molecule has 0 aliphatic carbocycles. The summed E-state index contributed by atoms with van der Waals surface area (Å²) >= 11 is 0. The third kappa shape index (κ3) is 3.77. The minimum Gasteiger partial charge on any atom is -0.478 e. The third-order valence-electron chi connectivity index (χ3n) is 5.85. The van der Waals surface area contributed by atoms with E-state index >= 15 is 0 Å². The number of ether oxygens (including phenoxy) is 1. The number of piperidine rings is 1. The molecule has 1 aromatic heterocycles. The van der Waals surface area contributed by atoms with Gasteiger partial charge in [0.2, 0.25) is 5.91 Å². The van der Waals surface area contributed by atoms with Crippen molar-refractivity contribution in [1.82, 2.24) is 9.97 Å². The highest BCUT2D eigenvalue weighted by Crippen LogP contribution is 2.31. The monoisotopic (exact) mass is 412 g/mol. The van der Waals surface area contributed by atoms with Crippen LogP contribution in [-0.2, 0) is 4.79 Å². The van der Waals surface area contributed by atoms with E-state index in [1.54, 1.807) is 7.11 Å². The summed E-state index contributed by atoms with van der Waals surface area (Å²) in [5.41, 5.74) is 2.47. The largest absolute Gasteiger partial charge is 0.478 e. The number of aromatic nitrogens is 2. The number of anilines is 2. The second-order valence-electron chi connectivity index (χ2n) is 7.85. The van der Waals surface area contributed by atoms with Crippen molar-refractivity contribution in [3.05, 3.63) is 66.7 Å². The first kappa shape index (κ1) is 19.3. The molecule has 31 heavy (non-hydrogen) atoms. The first-order valence-electron chi connectivity index (χ1n) is 10.6. The fourth-order valence-electron chi connectivity index (χ4n) is 4.27. The normalized spacial score (nSPS) is 16.4. The highest BCUT2D eigenvalue weighted by Gasteiger charge is 2.29. The third-order valence-corrected chi connectivity index (χ3v) is 5.85. The topological polar surface area (TPSA) is 67.4 Å². The SMILES string of the molecule is COc1nc2ccccc2nc1N1CCC[C@H](C(=O)Nc2cccc3ccccc23)C1. The number of rotatable bonds is 4. The van der Waals surface area contributed by atoms with Crippen molar-refractivity contribution in [2.45, 2.75) is 12.8 Å². The van der Waals surface area contributed by atoms with Crippen molar-refractivity contribution < 1.29 is 9.53 Å². The van der Waals surface area contributed by atoms with Crippen molar-refractivity contribution in [3.8, 4) is 5.88 Å². The van der Waals surface area contributed by atoms with Gasteiger partial charge in [0, 0.05) is 24.2 Å². The van der Waals surface area contributed by atoms with Gasteiger partial charge < -0.3 is 15.0 Å². The first-order chi connectivity index (χ1) is 15.2. The Morgan fingerprint density at radius 2 is 1.74 bits per heavy atom. The highest BCUT2D eigenvalue weighted by atomic mass is 16.5. The molecule has 156 valence electrons. The summed E-state index contributed by atoms with van der Waals surface area (Å²) in [4.78, 5) is 24.7. The number of hydrogen-bond donors (Lipinski definition) is 1. The van der Waals surface area contributed by atoms with Gasteiger partial charge >= 0.3 is 0 Å². The second kappa shape index (κ2) is 8.22. The van der Waals surface area contributed by atoms with Crippen molar-refractivity contribution >= 4 is 39.2 Å². The number of carbonyl (C=O) groups excluding carboxylic acids is 1. The fourth-order valence-corrected chi connectivity index (χ4v) is 4.27. The van der Waals surface area contributed by atoms with Crippen molar-refractivity contribution in [1.29, 1.82) is 0 Å². The van der Waals surface area contributed by atoms with E-state index in [1.807, 2.05) is 54.6 Å². The van der Waals surface area contributed by atoms with Crippen LogP contribution in [-0.4, -0.2) is 36.1 Å². The molecule has 0 radical (unpaired) electrons. The number of fused-ring (bicyclic) bond motifs is 2. The van der Waals surface area contributed by atoms with Crippen molar-refractivity contribution in [3.63, 3.8) is 0 Å². The van der Waals surface area contributed by atoms with Gasteiger partial charge in [-0.25, -0.2) is 9.97 Å². The lowest BCUT2D eigenvalue weighted by Gasteiger charge is -2.33. The maximum Gasteiger partial charge on any atom is 0.257 e. The van der Waals surface area contributed by atoms with Crippen LogP contribution >= 0.6 is 0 Å². The van der Waals surface area contributed by atoms with Crippen LogP contribution in [0.5, 0.6) is 5.88 Å². The molecule has 1 saturated heterocycles. The van der Waals surface area contributed by atoms with Gasteiger partial charge in [-0.3, -0.25) is 4.79 Å². The zero-order chi connectivity index (χ0) is 21.2. The molecular weight excluding hydrogens is 388 g/mol. The molecular formula is C25H24N4O2. The summed E-state index contributed by atoms with van der Waals surface area (Å²) in [6.45, 7) is 1.40. The number of nitrogens with zero attached hydrogens (tertiary/aromatic N) is 3. The summed E-state index contributed by atoms with van der Waals surface area (Å²) in [6, 6.07) is 21.8. The molecule has 3 aromatic carbocycles. The molecule has 0 spiro atoms. The number of carbonyl (C=O) groups is 1. The molecule has 4 aromatic rings. The number of methoxy groups -OCH3 is 1. The number of nitrogens with one attached hydrogen (secondary N) is 1. The average molecular weight is 412 g/mol. The van der Waals surface area contributed by atoms with Gasteiger partial charge in [0.1, 0.15) is 0 Å². The predicted octanol–water partition coefficient (Wildman–Crippen LogP) is 4.65. The molecule has 0 unspecified atom stereocenters. The number of hydrogen-bond acceptors (Lipinski definition) is 5. The van der Waals surface area contributed by atoms with Crippen LogP contribution in [0.3, 0.4) is 0 Å². The standard InChI is InChI=1S/C25H24N4O2/c1-31-25-23(26-21-12-4-5-13-22(21)28-25)29-15-7-10-18(16-29)24(30)27-20-14-6-9-17-8-2-3-11-19(17)20/h2-6,8-9,11-14,18H,7,10,15-16H2,1H3,(H,27,30)/t18-/m0/s1. The molecule has 6 heteroatoms. The van der Waals surface area contributed by atoms with Crippen LogP contribution in [0.2, 0.25) is 0 Å². The van der Waals surface area contributed by atoms with E-state index in [0.717, 1.165) is 46.9 Å². The summed E-state index contributed by atoms with van der Waals surface area (Å²) in [5.74, 6) is 1.09. The number of benzene rings is 3. The second-order valence-corrected chi connectivity index (χ2v) is 7.85. The smallest absolute Gasteiger partial charge is 0.257 e. The Kier molecular flexibility index (Phi) is 5.12. The molecule has 1 atom stereocenters. The molecule has 1 aliphatic rings. The molecule has 6 nitrogen and oxygen atoms in total. The molecule has 2 heterocycles. The predicted molar refractivity (Wildman–Crippen MR) is 124 cm³/mol. The molecule has 1 N–H and O–H groups in total. The van der Waals surface area contributed by atoms with Gasteiger partial charge in [0.05, 0.1) is 24.1 Å². The average Bonchev–Trinajstić information content (AvgIpc) is 2.83.